The quantitative estimate of drug-likeness (QED) is 0.710. The van der Waals surface area contributed by atoms with Gasteiger partial charge in [-0.25, -0.2) is 22.5 Å². The van der Waals surface area contributed by atoms with Crippen LogP contribution >= 0.6 is 0 Å². The van der Waals surface area contributed by atoms with Gasteiger partial charge in [0.1, 0.15) is 17.1 Å². The third-order valence-electron chi connectivity index (χ3n) is 3.47. The van der Waals surface area contributed by atoms with E-state index >= 15 is 0 Å². The Morgan fingerprint density at radius 2 is 1.96 bits per heavy atom. The summed E-state index contributed by atoms with van der Waals surface area (Å²) in [6, 6.07) is 4.50. The van der Waals surface area contributed by atoms with Crippen LogP contribution in [0.4, 0.5) is 0 Å². The van der Waals surface area contributed by atoms with Gasteiger partial charge in [0.2, 0.25) is 10.0 Å². The normalized spacial score (nSPS) is 12.0. The minimum absolute atomic E-state index is 0.110. The van der Waals surface area contributed by atoms with Crippen molar-refractivity contribution in [2.24, 2.45) is 0 Å². The monoisotopic (exact) mass is 349 g/mol. The van der Waals surface area contributed by atoms with Crippen molar-refractivity contribution >= 4 is 21.2 Å². The van der Waals surface area contributed by atoms with Crippen molar-refractivity contribution in [3.8, 4) is 17.1 Å². The number of nitrogens with zero attached hydrogens (tertiary/aromatic N) is 3. The Labute approximate surface area is 137 Å². The third-order valence-corrected chi connectivity index (χ3v) is 5.29. The highest BCUT2D eigenvalue weighted by Crippen LogP contribution is 2.31. The van der Waals surface area contributed by atoms with Crippen molar-refractivity contribution in [1.82, 2.24) is 24.2 Å². The number of sulfonamides is 1. The topological polar surface area (TPSA) is 121 Å². The molecule has 0 bridgehead atoms. The van der Waals surface area contributed by atoms with Gasteiger partial charge in [-0.15, -0.1) is 0 Å². The fourth-order valence-electron chi connectivity index (χ4n) is 2.20. The van der Waals surface area contributed by atoms with Crippen molar-refractivity contribution < 1.29 is 13.2 Å². The van der Waals surface area contributed by atoms with Crippen LogP contribution < -0.4 is 10.4 Å². The van der Waals surface area contributed by atoms with Crippen molar-refractivity contribution in [1.29, 1.82) is 0 Å². The van der Waals surface area contributed by atoms with Crippen LogP contribution in [0.1, 0.15) is 0 Å². The number of imidazole rings is 1. The van der Waals surface area contributed by atoms with Gasteiger partial charge < -0.3 is 9.72 Å². The van der Waals surface area contributed by atoms with Crippen LogP contribution in [0, 0.1) is 0 Å². The molecule has 3 rings (SSSR count). The van der Waals surface area contributed by atoms with E-state index in [-0.39, 0.29) is 4.90 Å². The van der Waals surface area contributed by atoms with Gasteiger partial charge in [-0.3, -0.25) is 4.98 Å². The molecule has 2 aromatic heterocycles. The molecule has 0 radical (unpaired) electrons. The number of benzene rings is 1. The summed E-state index contributed by atoms with van der Waals surface area (Å²) in [5, 5.41) is 0. The molecule has 24 heavy (non-hydrogen) atoms. The predicted molar refractivity (Wildman–Crippen MR) is 87.4 cm³/mol. The maximum Gasteiger partial charge on any atom is 0.346 e. The standard InChI is InChI=1S/C14H15N5O4S/c1-19(2)24(21,22)8-4-5-9(11(6-8)23-3)12-16-10-7-15-14(20)18-13(10)17-12/h4-7H,1-3H3,(H2,15,16,17,18,20). The Balaban J connectivity index is 2.15. The lowest BCUT2D eigenvalue weighted by atomic mass is 10.2. The summed E-state index contributed by atoms with van der Waals surface area (Å²) in [6.07, 6.45) is 1.38. The second-order valence-electron chi connectivity index (χ2n) is 5.19. The third kappa shape index (κ3) is 2.65. The van der Waals surface area contributed by atoms with Crippen molar-refractivity contribution in [3.05, 3.63) is 34.9 Å². The number of nitrogens with one attached hydrogen (secondary N) is 2. The van der Waals surface area contributed by atoms with Crippen molar-refractivity contribution in [2.75, 3.05) is 21.2 Å². The number of hydrogen-bond acceptors (Lipinski definition) is 6. The molecule has 0 aliphatic carbocycles. The maximum absolute atomic E-state index is 12.2. The first-order chi connectivity index (χ1) is 11.3. The number of hydrogen-bond donors (Lipinski definition) is 2. The lowest BCUT2D eigenvalue weighted by Crippen LogP contribution is -2.22. The second kappa shape index (κ2) is 5.73. The summed E-state index contributed by atoms with van der Waals surface area (Å²) >= 11 is 0. The van der Waals surface area contributed by atoms with Crippen LogP contribution in [-0.2, 0) is 10.0 Å². The Kier molecular flexibility index (Phi) is 3.85. The summed E-state index contributed by atoms with van der Waals surface area (Å²) in [6.45, 7) is 0. The molecule has 1 aromatic carbocycles. The average Bonchev–Trinajstić information content (AvgIpc) is 2.96. The van der Waals surface area contributed by atoms with Crippen molar-refractivity contribution in [3.63, 3.8) is 0 Å². The van der Waals surface area contributed by atoms with E-state index in [2.05, 4.69) is 19.9 Å². The number of fused-ring (bicyclic) bond motifs is 1. The molecule has 0 saturated carbocycles. The highest BCUT2D eigenvalue weighted by Gasteiger charge is 2.20. The zero-order valence-corrected chi connectivity index (χ0v) is 14.0. The molecular weight excluding hydrogens is 334 g/mol. The van der Waals surface area contributed by atoms with Crippen LogP contribution in [0.3, 0.4) is 0 Å². The fraction of sp³-hybridized carbons (Fsp3) is 0.214. The smallest absolute Gasteiger partial charge is 0.346 e. The first-order valence-corrected chi connectivity index (χ1v) is 8.33. The van der Waals surface area contributed by atoms with Gasteiger partial charge in [-0.1, -0.05) is 0 Å². The van der Waals surface area contributed by atoms with Crippen LogP contribution in [-0.4, -0.2) is 53.9 Å². The van der Waals surface area contributed by atoms with Gasteiger partial charge >= 0.3 is 5.69 Å². The Morgan fingerprint density at radius 1 is 1.21 bits per heavy atom. The number of aromatic nitrogens is 4. The SMILES string of the molecule is COc1cc(S(=O)(=O)N(C)C)ccc1-c1nc2[nH]c(=O)ncc2[nH]1. The predicted octanol–water partition coefficient (Wildman–Crippen LogP) is 0.572. The summed E-state index contributed by atoms with van der Waals surface area (Å²) in [4.78, 5) is 24.8. The molecule has 0 aliphatic rings. The molecule has 2 heterocycles. The number of methoxy groups -OCH3 is 1. The molecule has 10 heteroatoms. The zero-order valence-electron chi connectivity index (χ0n) is 13.2. The Bertz CT molecular complexity index is 1070. The van der Waals surface area contributed by atoms with Crippen LogP contribution in [0.5, 0.6) is 5.75 Å². The number of ether oxygens (including phenoxy) is 1. The summed E-state index contributed by atoms with van der Waals surface area (Å²) in [5.74, 6) is 0.770. The van der Waals surface area contributed by atoms with E-state index in [1.165, 1.54) is 39.5 Å². The molecular formula is C14H15N5O4S. The first kappa shape index (κ1) is 16.1. The molecule has 0 saturated heterocycles. The molecule has 2 N–H and O–H groups in total. The van der Waals surface area contributed by atoms with Gasteiger partial charge in [0.05, 0.1) is 23.8 Å². The molecule has 126 valence electrons. The van der Waals surface area contributed by atoms with Gasteiger partial charge in [0, 0.05) is 20.2 Å². The van der Waals surface area contributed by atoms with E-state index in [0.29, 0.717) is 28.3 Å². The lowest BCUT2D eigenvalue weighted by Gasteiger charge is -2.13. The zero-order chi connectivity index (χ0) is 17.5. The van der Waals surface area contributed by atoms with E-state index in [0.717, 1.165) is 4.31 Å². The molecule has 0 amide bonds. The van der Waals surface area contributed by atoms with E-state index in [1.807, 2.05) is 0 Å². The molecule has 0 unspecified atom stereocenters. The molecule has 0 spiro atoms. The molecule has 0 atom stereocenters. The van der Waals surface area contributed by atoms with E-state index in [9.17, 15) is 13.2 Å². The molecule has 0 aliphatic heterocycles. The lowest BCUT2D eigenvalue weighted by molar-refractivity contribution is 0.414. The van der Waals surface area contributed by atoms with Crippen LogP contribution in [0.25, 0.3) is 22.6 Å². The average molecular weight is 349 g/mol. The van der Waals surface area contributed by atoms with Gasteiger partial charge in [-0.2, -0.15) is 4.98 Å². The first-order valence-electron chi connectivity index (χ1n) is 6.89. The number of rotatable bonds is 4. The van der Waals surface area contributed by atoms with E-state index in [1.54, 1.807) is 6.07 Å². The summed E-state index contributed by atoms with van der Waals surface area (Å²) in [7, 11) is 0.781. The Morgan fingerprint density at radius 3 is 2.62 bits per heavy atom. The minimum atomic E-state index is -3.57. The largest absolute Gasteiger partial charge is 0.496 e. The molecule has 9 nitrogen and oxygen atoms in total. The molecule has 3 aromatic rings. The van der Waals surface area contributed by atoms with Gasteiger partial charge in [-0.05, 0) is 12.1 Å². The van der Waals surface area contributed by atoms with E-state index in [4.69, 9.17) is 4.74 Å². The van der Waals surface area contributed by atoms with Gasteiger partial charge in [0.25, 0.3) is 0 Å². The summed E-state index contributed by atoms with van der Waals surface area (Å²) < 4.78 is 30.9. The number of H-pyrrole nitrogens is 2. The van der Waals surface area contributed by atoms with Gasteiger partial charge in [0.15, 0.2) is 5.65 Å². The highest BCUT2D eigenvalue weighted by molar-refractivity contribution is 7.89. The fourth-order valence-corrected chi connectivity index (χ4v) is 3.12. The molecule has 0 fully saturated rings. The highest BCUT2D eigenvalue weighted by atomic mass is 32.2. The summed E-state index contributed by atoms with van der Waals surface area (Å²) in [5.41, 5.74) is 0.973. The van der Waals surface area contributed by atoms with Crippen LogP contribution in [0.15, 0.2) is 34.1 Å². The van der Waals surface area contributed by atoms with Crippen LogP contribution in [0.2, 0.25) is 0 Å². The van der Waals surface area contributed by atoms with Crippen molar-refractivity contribution in [2.45, 2.75) is 4.90 Å². The minimum Gasteiger partial charge on any atom is -0.496 e. The Hall–Kier alpha value is -2.72. The second-order valence-corrected chi connectivity index (χ2v) is 7.34. The maximum atomic E-state index is 12.2. The van der Waals surface area contributed by atoms with E-state index < -0.39 is 15.7 Å². The number of aromatic amines is 2.